The number of nitrogens with one attached hydrogen (secondary N) is 1. The van der Waals surface area contributed by atoms with Gasteiger partial charge in [-0.25, -0.2) is 5.84 Å². The van der Waals surface area contributed by atoms with E-state index >= 15 is 0 Å². The number of pyridine rings is 1. The van der Waals surface area contributed by atoms with E-state index in [2.05, 4.69) is 26.3 Å². The van der Waals surface area contributed by atoms with Crippen LogP contribution in [0.1, 0.15) is 10.4 Å². The zero-order valence-electron chi connectivity index (χ0n) is 7.70. The average Bonchev–Trinajstić information content (AvgIpc) is 2.27. The molecule has 0 radical (unpaired) electrons. The fourth-order valence-corrected chi connectivity index (χ4v) is 1.69. The normalized spacial score (nSPS) is 10.3. The number of hydrazine groups is 1. The van der Waals surface area contributed by atoms with Gasteiger partial charge in [0.25, 0.3) is 5.91 Å². The zero-order valence-corrected chi connectivity index (χ0v) is 9.28. The molecule has 0 atom stereocenters. The van der Waals surface area contributed by atoms with Gasteiger partial charge in [-0.1, -0.05) is 15.9 Å². The minimum atomic E-state index is -0.343. The molecule has 0 aliphatic rings. The Morgan fingerprint density at radius 1 is 1.40 bits per heavy atom. The molecule has 2 rings (SSSR count). The smallest absolute Gasteiger partial charge is 0.266 e. The van der Waals surface area contributed by atoms with Crippen molar-refractivity contribution in [1.29, 1.82) is 0 Å². The highest BCUT2D eigenvalue weighted by molar-refractivity contribution is 9.10. The molecule has 4 nitrogen and oxygen atoms in total. The SMILES string of the molecule is NNC(=O)c1cnc2ccc(Br)cc2c1. The first-order valence-corrected chi connectivity index (χ1v) is 5.06. The molecule has 0 aliphatic heterocycles. The molecule has 0 aliphatic carbocycles. The third-order valence-corrected chi connectivity index (χ3v) is 2.53. The Bertz CT molecular complexity index is 527. The van der Waals surface area contributed by atoms with Crippen LogP contribution >= 0.6 is 15.9 Å². The molecule has 1 heterocycles. The van der Waals surface area contributed by atoms with Gasteiger partial charge in [0, 0.05) is 16.1 Å². The summed E-state index contributed by atoms with van der Waals surface area (Å²) in [5.41, 5.74) is 3.36. The van der Waals surface area contributed by atoms with Gasteiger partial charge in [0.05, 0.1) is 11.1 Å². The first-order valence-electron chi connectivity index (χ1n) is 4.27. The fourth-order valence-electron chi connectivity index (χ4n) is 1.31. The largest absolute Gasteiger partial charge is 0.290 e. The highest BCUT2D eigenvalue weighted by atomic mass is 79.9. The predicted octanol–water partition coefficient (Wildman–Crippen LogP) is 1.60. The lowest BCUT2D eigenvalue weighted by Crippen LogP contribution is -2.30. The standard InChI is InChI=1S/C10H8BrN3O/c11-8-1-2-9-6(4-8)3-7(5-13-9)10(15)14-12/h1-5H,12H2,(H,14,15). The molecule has 5 heteroatoms. The van der Waals surface area contributed by atoms with Crippen LogP contribution in [-0.2, 0) is 0 Å². The quantitative estimate of drug-likeness (QED) is 0.468. The molecular weight excluding hydrogens is 258 g/mol. The van der Waals surface area contributed by atoms with Crippen molar-refractivity contribution in [3.63, 3.8) is 0 Å². The van der Waals surface area contributed by atoms with Gasteiger partial charge in [-0.2, -0.15) is 0 Å². The Kier molecular flexibility index (Phi) is 2.66. The Hall–Kier alpha value is -1.46. The third-order valence-electron chi connectivity index (χ3n) is 2.04. The number of nitrogens with zero attached hydrogens (tertiary/aromatic N) is 1. The summed E-state index contributed by atoms with van der Waals surface area (Å²) in [6.45, 7) is 0. The number of rotatable bonds is 1. The summed E-state index contributed by atoms with van der Waals surface area (Å²) in [5, 5.41) is 0.894. The lowest BCUT2D eigenvalue weighted by atomic mass is 10.1. The van der Waals surface area contributed by atoms with Crippen molar-refractivity contribution >= 4 is 32.7 Å². The van der Waals surface area contributed by atoms with Crippen molar-refractivity contribution in [2.75, 3.05) is 0 Å². The maximum absolute atomic E-state index is 11.3. The summed E-state index contributed by atoms with van der Waals surface area (Å²) in [6, 6.07) is 7.42. The average molecular weight is 266 g/mol. The highest BCUT2D eigenvalue weighted by Gasteiger charge is 2.05. The summed E-state index contributed by atoms with van der Waals surface area (Å²) in [4.78, 5) is 15.4. The van der Waals surface area contributed by atoms with Gasteiger partial charge in [0.2, 0.25) is 0 Å². The Balaban J connectivity index is 2.59. The maximum Gasteiger partial charge on any atom is 0.266 e. The van der Waals surface area contributed by atoms with Crippen LogP contribution in [0.3, 0.4) is 0 Å². The second kappa shape index (κ2) is 3.96. The van der Waals surface area contributed by atoms with Crippen LogP contribution in [-0.4, -0.2) is 10.9 Å². The van der Waals surface area contributed by atoms with Crippen LogP contribution in [0, 0.1) is 0 Å². The minimum Gasteiger partial charge on any atom is -0.290 e. The van der Waals surface area contributed by atoms with Crippen molar-refractivity contribution in [2.45, 2.75) is 0 Å². The number of fused-ring (bicyclic) bond motifs is 1. The Morgan fingerprint density at radius 2 is 2.20 bits per heavy atom. The molecule has 0 unspecified atom stereocenters. The van der Waals surface area contributed by atoms with Gasteiger partial charge < -0.3 is 0 Å². The molecule has 15 heavy (non-hydrogen) atoms. The first-order chi connectivity index (χ1) is 7.20. The lowest BCUT2D eigenvalue weighted by Gasteiger charge is -2.01. The number of aromatic nitrogens is 1. The molecule has 0 fully saturated rings. The number of carbonyl (C=O) groups excluding carboxylic acids is 1. The molecule has 1 amide bonds. The summed E-state index contributed by atoms with van der Waals surface area (Å²) < 4.78 is 0.946. The summed E-state index contributed by atoms with van der Waals surface area (Å²) in [6.07, 6.45) is 1.50. The number of hydrogen-bond donors (Lipinski definition) is 2. The van der Waals surface area contributed by atoms with Gasteiger partial charge in [0.15, 0.2) is 0 Å². The van der Waals surface area contributed by atoms with E-state index in [1.54, 1.807) is 6.07 Å². The Labute approximate surface area is 94.6 Å². The molecule has 0 bridgehead atoms. The van der Waals surface area contributed by atoms with Gasteiger partial charge >= 0.3 is 0 Å². The molecule has 3 N–H and O–H groups in total. The molecule has 76 valence electrons. The van der Waals surface area contributed by atoms with Crippen LogP contribution < -0.4 is 11.3 Å². The van der Waals surface area contributed by atoms with Gasteiger partial charge in [-0.3, -0.25) is 15.2 Å². The fraction of sp³-hybridized carbons (Fsp3) is 0. The van der Waals surface area contributed by atoms with Crippen molar-refractivity contribution < 1.29 is 4.79 Å². The molecule has 0 saturated carbocycles. The summed E-state index contributed by atoms with van der Waals surface area (Å²) >= 11 is 3.36. The van der Waals surface area contributed by atoms with E-state index in [4.69, 9.17) is 5.84 Å². The maximum atomic E-state index is 11.3. The molecule has 1 aromatic heterocycles. The van der Waals surface area contributed by atoms with Crippen LogP contribution in [0.15, 0.2) is 34.9 Å². The number of hydrogen-bond acceptors (Lipinski definition) is 3. The second-order valence-electron chi connectivity index (χ2n) is 3.03. The van der Waals surface area contributed by atoms with Gasteiger partial charge in [-0.15, -0.1) is 0 Å². The van der Waals surface area contributed by atoms with Crippen LogP contribution in [0.5, 0.6) is 0 Å². The molecule has 0 saturated heterocycles. The van der Waals surface area contributed by atoms with E-state index in [1.165, 1.54) is 6.20 Å². The molecule has 2 aromatic rings. The van der Waals surface area contributed by atoms with E-state index < -0.39 is 0 Å². The van der Waals surface area contributed by atoms with Gasteiger partial charge in [0.1, 0.15) is 0 Å². The molecule has 1 aromatic carbocycles. The van der Waals surface area contributed by atoms with E-state index in [9.17, 15) is 4.79 Å². The van der Waals surface area contributed by atoms with E-state index in [0.717, 1.165) is 15.4 Å². The van der Waals surface area contributed by atoms with Crippen molar-refractivity contribution in [2.24, 2.45) is 5.84 Å². The van der Waals surface area contributed by atoms with Gasteiger partial charge in [-0.05, 0) is 24.3 Å². The summed E-state index contributed by atoms with van der Waals surface area (Å²) in [7, 11) is 0. The zero-order chi connectivity index (χ0) is 10.8. The third kappa shape index (κ3) is 1.98. The van der Waals surface area contributed by atoms with Crippen molar-refractivity contribution in [1.82, 2.24) is 10.4 Å². The monoisotopic (exact) mass is 265 g/mol. The van der Waals surface area contributed by atoms with Crippen LogP contribution in [0.2, 0.25) is 0 Å². The van der Waals surface area contributed by atoms with Crippen LogP contribution in [0.4, 0.5) is 0 Å². The summed E-state index contributed by atoms with van der Waals surface area (Å²) in [5.74, 6) is 4.70. The van der Waals surface area contributed by atoms with E-state index in [0.29, 0.717) is 5.56 Å². The number of halogens is 1. The van der Waals surface area contributed by atoms with Crippen molar-refractivity contribution in [3.8, 4) is 0 Å². The van der Waals surface area contributed by atoms with Crippen LogP contribution in [0.25, 0.3) is 10.9 Å². The number of benzene rings is 1. The lowest BCUT2D eigenvalue weighted by molar-refractivity contribution is 0.0953. The number of amides is 1. The second-order valence-corrected chi connectivity index (χ2v) is 3.95. The van der Waals surface area contributed by atoms with E-state index in [-0.39, 0.29) is 5.91 Å². The molecule has 0 spiro atoms. The predicted molar refractivity (Wildman–Crippen MR) is 61.1 cm³/mol. The topological polar surface area (TPSA) is 68.0 Å². The van der Waals surface area contributed by atoms with E-state index in [1.807, 2.05) is 18.2 Å². The number of nitrogen functional groups attached to an aromatic ring is 1. The Morgan fingerprint density at radius 3 is 2.93 bits per heavy atom. The first kappa shape index (κ1) is 10.1. The van der Waals surface area contributed by atoms with Crippen molar-refractivity contribution in [3.05, 3.63) is 40.5 Å². The minimum absolute atomic E-state index is 0.343. The number of carbonyl (C=O) groups is 1. The molecular formula is C10H8BrN3O. The number of nitrogens with two attached hydrogens (primary N) is 1. The highest BCUT2D eigenvalue weighted by Crippen LogP contribution is 2.18.